The first kappa shape index (κ1) is 21.4. The molecule has 1 fully saturated rings. The van der Waals surface area contributed by atoms with Gasteiger partial charge >= 0.3 is 0 Å². The fourth-order valence-electron chi connectivity index (χ4n) is 4.46. The summed E-state index contributed by atoms with van der Waals surface area (Å²) < 4.78 is 33.7. The topological polar surface area (TPSA) is 9.23 Å². The van der Waals surface area contributed by atoms with Crippen molar-refractivity contribution in [2.45, 2.75) is 95.8 Å². The molecule has 2 rings (SSSR count). The van der Waals surface area contributed by atoms with E-state index in [9.17, 15) is 8.78 Å². The Morgan fingerprint density at radius 1 is 0.885 bits per heavy atom. The maximum absolute atomic E-state index is 14.4. The zero-order chi connectivity index (χ0) is 18.8. The van der Waals surface area contributed by atoms with Crippen molar-refractivity contribution in [2.24, 2.45) is 0 Å². The van der Waals surface area contributed by atoms with E-state index >= 15 is 0 Å². The standard InChI is InChI=1S/C22H36F2OSi/c1-3-5-6-7-9-15-26(16-10-8-11-17-26)18-14-19-12-13-20(25-4-2)22(24)21(19)23/h12-13H,3-11,14-18H2,1-2H3. The van der Waals surface area contributed by atoms with Gasteiger partial charge in [-0.2, -0.15) is 4.39 Å². The predicted octanol–water partition coefficient (Wildman–Crippen LogP) is 7.51. The van der Waals surface area contributed by atoms with Crippen molar-refractivity contribution in [3.05, 3.63) is 29.3 Å². The number of hydrogen-bond acceptors (Lipinski definition) is 1. The van der Waals surface area contributed by atoms with Crippen LogP contribution in [0.15, 0.2) is 12.1 Å². The predicted molar refractivity (Wildman–Crippen MR) is 109 cm³/mol. The maximum Gasteiger partial charge on any atom is 0.200 e. The minimum absolute atomic E-state index is 0.0364. The lowest BCUT2D eigenvalue weighted by Crippen LogP contribution is -2.36. The highest BCUT2D eigenvalue weighted by Gasteiger charge is 2.33. The second kappa shape index (κ2) is 11.1. The highest BCUT2D eigenvalue weighted by molar-refractivity contribution is 6.80. The molecule has 1 aromatic carbocycles. The molecule has 4 heteroatoms. The number of unbranched alkanes of at least 4 members (excludes halogenated alkanes) is 4. The Morgan fingerprint density at radius 2 is 1.62 bits per heavy atom. The number of ether oxygens (including phenoxy) is 1. The number of halogens is 2. The highest BCUT2D eigenvalue weighted by atomic mass is 28.3. The van der Waals surface area contributed by atoms with E-state index in [1.54, 1.807) is 19.1 Å². The van der Waals surface area contributed by atoms with E-state index in [1.807, 2.05) is 0 Å². The van der Waals surface area contributed by atoms with Crippen LogP contribution in [0.5, 0.6) is 5.75 Å². The van der Waals surface area contributed by atoms with Crippen molar-refractivity contribution in [1.82, 2.24) is 0 Å². The first-order valence-corrected chi connectivity index (χ1v) is 13.5. The molecule has 26 heavy (non-hydrogen) atoms. The van der Waals surface area contributed by atoms with Crippen LogP contribution in [0.3, 0.4) is 0 Å². The molecule has 0 N–H and O–H groups in total. The van der Waals surface area contributed by atoms with Crippen LogP contribution in [0.4, 0.5) is 8.78 Å². The van der Waals surface area contributed by atoms with Crippen LogP contribution in [0.25, 0.3) is 0 Å². The van der Waals surface area contributed by atoms with Gasteiger partial charge in [0.2, 0.25) is 5.82 Å². The summed E-state index contributed by atoms with van der Waals surface area (Å²) in [5, 5.41) is 0. The summed E-state index contributed by atoms with van der Waals surface area (Å²) in [5.74, 6) is -1.48. The van der Waals surface area contributed by atoms with Crippen molar-refractivity contribution in [2.75, 3.05) is 6.61 Å². The summed E-state index contributed by atoms with van der Waals surface area (Å²) in [5.41, 5.74) is 0.536. The normalized spacial score (nSPS) is 16.6. The summed E-state index contributed by atoms with van der Waals surface area (Å²) in [6.45, 7) is 4.38. The Bertz CT molecular complexity index is 541. The van der Waals surface area contributed by atoms with Gasteiger partial charge in [-0.05, 0) is 25.0 Å². The quantitative estimate of drug-likeness (QED) is 0.284. The molecule has 1 nitrogen and oxygen atoms in total. The molecular formula is C22H36F2OSi. The van der Waals surface area contributed by atoms with Gasteiger partial charge in [-0.1, -0.05) is 88.5 Å². The Hall–Kier alpha value is -0.903. The van der Waals surface area contributed by atoms with Crippen LogP contribution >= 0.6 is 0 Å². The third-order valence-corrected chi connectivity index (χ3v) is 11.6. The van der Waals surface area contributed by atoms with E-state index in [0.717, 1.165) is 6.04 Å². The molecule has 0 spiro atoms. The van der Waals surface area contributed by atoms with Crippen molar-refractivity contribution < 1.29 is 13.5 Å². The van der Waals surface area contributed by atoms with Gasteiger partial charge in [0.05, 0.1) is 14.7 Å². The summed E-state index contributed by atoms with van der Waals surface area (Å²) in [4.78, 5) is 0. The third kappa shape index (κ3) is 6.07. The first-order chi connectivity index (χ1) is 12.6. The van der Waals surface area contributed by atoms with Gasteiger partial charge in [-0.3, -0.25) is 0 Å². The molecule has 0 aromatic heterocycles. The lowest BCUT2D eigenvalue weighted by Gasteiger charge is -2.36. The molecule has 1 aliphatic heterocycles. The zero-order valence-electron chi connectivity index (χ0n) is 16.7. The SMILES string of the molecule is CCCCCCC[Si]1(CCc2ccc(OCC)c(F)c2F)CCCCC1. The zero-order valence-corrected chi connectivity index (χ0v) is 17.7. The van der Waals surface area contributed by atoms with E-state index < -0.39 is 19.7 Å². The second-order valence-electron chi connectivity index (χ2n) is 8.01. The van der Waals surface area contributed by atoms with Crippen LogP contribution in [0.2, 0.25) is 24.2 Å². The molecule has 0 radical (unpaired) electrons. The molecule has 0 atom stereocenters. The van der Waals surface area contributed by atoms with Crippen LogP contribution in [0, 0.1) is 11.6 Å². The molecule has 1 aromatic rings. The molecule has 1 aliphatic rings. The minimum atomic E-state index is -1.32. The van der Waals surface area contributed by atoms with Gasteiger partial charge in [0, 0.05) is 0 Å². The molecular weight excluding hydrogens is 346 g/mol. The average molecular weight is 383 g/mol. The first-order valence-electron chi connectivity index (χ1n) is 10.7. The van der Waals surface area contributed by atoms with E-state index in [2.05, 4.69) is 6.92 Å². The van der Waals surface area contributed by atoms with Gasteiger partial charge in [0.15, 0.2) is 11.6 Å². The van der Waals surface area contributed by atoms with Crippen molar-refractivity contribution in [3.63, 3.8) is 0 Å². The molecule has 0 aliphatic carbocycles. The van der Waals surface area contributed by atoms with E-state index in [1.165, 1.54) is 69.5 Å². The molecule has 1 saturated heterocycles. The third-order valence-electron chi connectivity index (χ3n) is 6.08. The fraction of sp³-hybridized carbons (Fsp3) is 0.727. The summed E-state index contributed by atoms with van der Waals surface area (Å²) >= 11 is 0. The van der Waals surface area contributed by atoms with Crippen LogP contribution in [0.1, 0.15) is 70.8 Å². The number of benzene rings is 1. The Morgan fingerprint density at radius 3 is 2.31 bits per heavy atom. The summed E-state index contributed by atoms with van der Waals surface area (Å²) in [6.07, 6.45) is 11.4. The van der Waals surface area contributed by atoms with E-state index in [0.29, 0.717) is 18.6 Å². The fourth-order valence-corrected chi connectivity index (χ4v) is 9.76. The van der Waals surface area contributed by atoms with Gasteiger partial charge in [0.25, 0.3) is 0 Å². The highest BCUT2D eigenvalue weighted by Crippen LogP contribution is 2.38. The number of hydrogen-bond donors (Lipinski definition) is 0. The molecule has 0 saturated carbocycles. The van der Waals surface area contributed by atoms with Crippen molar-refractivity contribution in [3.8, 4) is 5.75 Å². The number of rotatable bonds is 11. The molecule has 0 amide bonds. The number of aryl methyl sites for hydroxylation is 1. The van der Waals surface area contributed by atoms with Gasteiger partial charge in [-0.25, -0.2) is 4.39 Å². The van der Waals surface area contributed by atoms with Crippen LogP contribution in [-0.4, -0.2) is 14.7 Å². The molecule has 0 unspecified atom stereocenters. The Labute approximate surface area is 159 Å². The van der Waals surface area contributed by atoms with Crippen molar-refractivity contribution in [1.29, 1.82) is 0 Å². The summed E-state index contributed by atoms with van der Waals surface area (Å²) in [6, 6.07) is 8.61. The van der Waals surface area contributed by atoms with Crippen molar-refractivity contribution >= 4 is 8.07 Å². The Balaban J connectivity index is 1.97. The second-order valence-corrected chi connectivity index (χ2v) is 13.0. The Kier molecular flexibility index (Phi) is 9.10. The summed E-state index contributed by atoms with van der Waals surface area (Å²) in [7, 11) is -1.32. The van der Waals surface area contributed by atoms with E-state index in [-0.39, 0.29) is 5.75 Å². The average Bonchev–Trinajstić information content (AvgIpc) is 2.66. The van der Waals surface area contributed by atoms with Crippen LogP contribution < -0.4 is 4.74 Å². The lowest BCUT2D eigenvalue weighted by molar-refractivity contribution is 0.313. The van der Waals surface area contributed by atoms with Gasteiger partial charge in [0.1, 0.15) is 0 Å². The smallest absolute Gasteiger partial charge is 0.200 e. The van der Waals surface area contributed by atoms with E-state index in [4.69, 9.17) is 4.74 Å². The van der Waals surface area contributed by atoms with Gasteiger partial charge in [-0.15, -0.1) is 0 Å². The molecule has 0 bridgehead atoms. The largest absolute Gasteiger partial charge is 0.491 e. The molecule has 1 heterocycles. The maximum atomic E-state index is 14.4. The lowest BCUT2D eigenvalue weighted by atomic mass is 10.1. The minimum Gasteiger partial charge on any atom is -0.491 e. The van der Waals surface area contributed by atoms with Crippen LogP contribution in [-0.2, 0) is 6.42 Å². The molecule has 148 valence electrons. The van der Waals surface area contributed by atoms with Gasteiger partial charge < -0.3 is 4.74 Å². The monoisotopic (exact) mass is 382 g/mol.